The molecule has 0 spiro atoms. The Labute approximate surface area is 80.9 Å². The SMILES string of the molecule is COCC(O)CCNc1ncns1. The Bertz CT molecular complexity index is 218. The summed E-state index contributed by atoms with van der Waals surface area (Å²) in [5.74, 6) is 0. The summed E-state index contributed by atoms with van der Waals surface area (Å²) in [4.78, 5) is 3.94. The fourth-order valence-electron chi connectivity index (χ4n) is 0.872. The molecule has 2 N–H and O–H groups in total. The van der Waals surface area contributed by atoms with Crippen molar-refractivity contribution in [1.29, 1.82) is 0 Å². The number of hydrogen-bond donors (Lipinski definition) is 2. The van der Waals surface area contributed by atoms with E-state index in [1.54, 1.807) is 7.11 Å². The maximum atomic E-state index is 9.28. The van der Waals surface area contributed by atoms with Gasteiger partial charge in [-0.25, -0.2) is 4.98 Å². The number of aliphatic hydroxyl groups excluding tert-OH is 1. The van der Waals surface area contributed by atoms with Crippen LogP contribution in [-0.4, -0.2) is 40.8 Å². The van der Waals surface area contributed by atoms with Crippen LogP contribution in [0.3, 0.4) is 0 Å². The highest BCUT2D eigenvalue weighted by atomic mass is 32.1. The maximum Gasteiger partial charge on any atom is 0.202 e. The van der Waals surface area contributed by atoms with Gasteiger partial charge in [0.05, 0.1) is 12.7 Å². The first-order valence-corrected chi connectivity index (χ1v) is 4.78. The Morgan fingerprint density at radius 1 is 1.77 bits per heavy atom. The standard InChI is InChI=1S/C7H13N3O2S/c1-12-4-6(11)2-3-8-7-9-5-10-13-7/h5-6,11H,2-4H2,1H3,(H,8,9,10). The van der Waals surface area contributed by atoms with Gasteiger partial charge in [-0.1, -0.05) is 0 Å². The summed E-state index contributed by atoms with van der Waals surface area (Å²) in [6.45, 7) is 1.05. The zero-order chi connectivity index (χ0) is 9.52. The van der Waals surface area contributed by atoms with Crippen molar-refractivity contribution in [2.75, 3.05) is 25.6 Å². The maximum absolute atomic E-state index is 9.28. The minimum Gasteiger partial charge on any atom is -0.391 e. The van der Waals surface area contributed by atoms with E-state index < -0.39 is 6.10 Å². The average Bonchev–Trinajstić information content (AvgIpc) is 2.57. The molecule has 0 aliphatic heterocycles. The quantitative estimate of drug-likeness (QED) is 0.698. The number of hydrogen-bond acceptors (Lipinski definition) is 6. The van der Waals surface area contributed by atoms with E-state index in [4.69, 9.17) is 4.74 Å². The number of ether oxygens (including phenoxy) is 1. The number of nitrogens with zero attached hydrogens (tertiary/aromatic N) is 2. The lowest BCUT2D eigenvalue weighted by Crippen LogP contribution is -2.18. The molecule has 1 unspecified atom stereocenters. The van der Waals surface area contributed by atoms with Crippen LogP contribution in [0.25, 0.3) is 0 Å². The first-order chi connectivity index (χ1) is 6.33. The molecular weight excluding hydrogens is 190 g/mol. The minimum absolute atomic E-state index is 0.373. The van der Waals surface area contributed by atoms with Gasteiger partial charge in [-0.2, -0.15) is 4.37 Å². The molecule has 0 amide bonds. The second-order valence-corrected chi connectivity index (χ2v) is 3.35. The summed E-state index contributed by atoms with van der Waals surface area (Å²) in [6, 6.07) is 0. The van der Waals surface area contributed by atoms with E-state index >= 15 is 0 Å². The zero-order valence-corrected chi connectivity index (χ0v) is 8.25. The molecule has 1 rings (SSSR count). The highest BCUT2D eigenvalue weighted by Crippen LogP contribution is 2.06. The number of rotatable bonds is 6. The number of anilines is 1. The molecule has 0 aliphatic carbocycles. The summed E-state index contributed by atoms with van der Waals surface area (Å²) < 4.78 is 8.63. The Morgan fingerprint density at radius 2 is 2.62 bits per heavy atom. The van der Waals surface area contributed by atoms with Crippen molar-refractivity contribution in [2.45, 2.75) is 12.5 Å². The van der Waals surface area contributed by atoms with Crippen LogP contribution < -0.4 is 5.32 Å². The molecule has 6 heteroatoms. The van der Waals surface area contributed by atoms with E-state index in [-0.39, 0.29) is 0 Å². The van der Waals surface area contributed by atoms with Crippen LogP contribution in [0.1, 0.15) is 6.42 Å². The van der Waals surface area contributed by atoms with E-state index in [0.717, 1.165) is 5.13 Å². The molecule has 1 atom stereocenters. The van der Waals surface area contributed by atoms with Gasteiger partial charge in [0.25, 0.3) is 0 Å². The molecule has 0 radical (unpaired) electrons. The Hall–Kier alpha value is -0.720. The van der Waals surface area contributed by atoms with E-state index in [1.807, 2.05) is 0 Å². The molecule has 0 saturated carbocycles. The molecule has 1 aromatic rings. The van der Waals surface area contributed by atoms with Crippen LogP contribution in [-0.2, 0) is 4.74 Å². The molecule has 0 bridgehead atoms. The van der Waals surface area contributed by atoms with E-state index in [1.165, 1.54) is 17.9 Å². The molecule has 5 nitrogen and oxygen atoms in total. The summed E-state index contributed by atoms with van der Waals surface area (Å²) >= 11 is 1.30. The molecule has 0 saturated heterocycles. The van der Waals surface area contributed by atoms with E-state index in [2.05, 4.69) is 14.7 Å². The van der Waals surface area contributed by atoms with Crippen molar-refractivity contribution >= 4 is 16.7 Å². The van der Waals surface area contributed by atoms with Crippen molar-refractivity contribution in [3.05, 3.63) is 6.33 Å². The highest BCUT2D eigenvalue weighted by Gasteiger charge is 2.02. The monoisotopic (exact) mass is 203 g/mol. The Kier molecular flexibility index (Phi) is 4.66. The minimum atomic E-state index is -0.412. The van der Waals surface area contributed by atoms with Crippen LogP contribution in [0.5, 0.6) is 0 Å². The van der Waals surface area contributed by atoms with Crippen molar-refractivity contribution in [1.82, 2.24) is 9.36 Å². The molecule has 13 heavy (non-hydrogen) atoms. The fraction of sp³-hybridized carbons (Fsp3) is 0.714. The topological polar surface area (TPSA) is 67.3 Å². The lowest BCUT2D eigenvalue weighted by Gasteiger charge is -2.08. The van der Waals surface area contributed by atoms with Gasteiger partial charge in [0.15, 0.2) is 0 Å². The van der Waals surface area contributed by atoms with Gasteiger partial charge in [0.2, 0.25) is 5.13 Å². The van der Waals surface area contributed by atoms with Crippen LogP contribution in [0, 0.1) is 0 Å². The lowest BCUT2D eigenvalue weighted by atomic mass is 10.3. The second-order valence-electron chi connectivity index (χ2n) is 2.57. The summed E-state index contributed by atoms with van der Waals surface area (Å²) in [5.41, 5.74) is 0. The average molecular weight is 203 g/mol. The third-order valence-electron chi connectivity index (χ3n) is 1.47. The van der Waals surface area contributed by atoms with Crippen molar-refractivity contribution in [3.63, 3.8) is 0 Å². The number of nitrogens with one attached hydrogen (secondary N) is 1. The van der Waals surface area contributed by atoms with Crippen LogP contribution in [0.4, 0.5) is 5.13 Å². The zero-order valence-electron chi connectivity index (χ0n) is 7.43. The smallest absolute Gasteiger partial charge is 0.202 e. The molecule has 74 valence electrons. The Morgan fingerprint density at radius 3 is 3.23 bits per heavy atom. The summed E-state index contributed by atoms with van der Waals surface area (Å²) in [7, 11) is 1.57. The first kappa shape index (κ1) is 10.4. The van der Waals surface area contributed by atoms with E-state index in [9.17, 15) is 5.11 Å². The van der Waals surface area contributed by atoms with Gasteiger partial charge < -0.3 is 15.2 Å². The third kappa shape index (κ3) is 4.16. The summed E-state index contributed by atoms with van der Waals surface area (Å²) in [6.07, 6.45) is 1.73. The number of methoxy groups -OCH3 is 1. The van der Waals surface area contributed by atoms with Crippen molar-refractivity contribution in [2.24, 2.45) is 0 Å². The molecule has 0 fully saturated rings. The normalized spacial score (nSPS) is 12.8. The molecular formula is C7H13N3O2S. The van der Waals surface area contributed by atoms with Gasteiger partial charge in [-0.05, 0) is 6.42 Å². The van der Waals surface area contributed by atoms with Crippen LogP contribution >= 0.6 is 11.5 Å². The molecule has 0 aliphatic rings. The van der Waals surface area contributed by atoms with Gasteiger partial charge in [-0.15, -0.1) is 0 Å². The third-order valence-corrected chi connectivity index (χ3v) is 2.10. The van der Waals surface area contributed by atoms with Gasteiger partial charge in [-0.3, -0.25) is 0 Å². The van der Waals surface area contributed by atoms with Crippen molar-refractivity contribution < 1.29 is 9.84 Å². The summed E-state index contributed by atoms with van der Waals surface area (Å²) in [5, 5.41) is 13.1. The predicted octanol–water partition coefficient (Wildman–Crippen LogP) is 0.347. The molecule has 0 aromatic carbocycles. The number of aromatic nitrogens is 2. The van der Waals surface area contributed by atoms with Crippen LogP contribution in [0.2, 0.25) is 0 Å². The first-order valence-electron chi connectivity index (χ1n) is 4.00. The molecule has 1 aromatic heterocycles. The van der Waals surface area contributed by atoms with Gasteiger partial charge in [0.1, 0.15) is 6.33 Å². The Balaban J connectivity index is 2.07. The predicted molar refractivity (Wildman–Crippen MR) is 50.9 cm³/mol. The fourth-order valence-corrected chi connectivity index (χ4v) is 1.33. The van der Waals surface area contributed by atoms with Gasteiger partial charge in [0, 0.05) is 25.2 Å². The second kappa shape index (κ2) is 5.85. The lowest BCUT2D eigenvalue weighted by molar-refractivity contribution is 0.0615. The van der Waals surface area contributed by atoms with Crippen LogP contribution in [0.15, 0.2) is 6.33 Å². The van der Waals surface area contributed by atoms with E-state index in [0.29, 0.717) is 19.6 Å². The molecule has 1 heterocycles. The highest BCUT2D eigenvalue weighted by molar-refractivity contribution is 7.09. The van der Waals surface area contributed by atoms with Crippen molar-refractivity contribution in [3.8, 4) is 0 Å². The number of aliphatic hydroxyl groups is 1. The largest absolute Gasteiger partial charge is 0.391 e. The van der Waals surface area contributed by atoms with Gasteiger partial charge >= 0.3 is 0 Å².